The van der Waals surface area contributed by atoms with E-state index in [9.17, 15) is 0 Å². The highest BCUT2D eigenvalue weighted by Gasteiger charge is 2.47. The summed E-state index contributed by atoms with van der Waals surface area (Å²) in [4.78, 5) is 0. The molecule has 1 atom stereocenters. The Kier molecular flexibility index (Phi) is 9.75. The molecule has 0 saturated heterocycles. The molecule has 6 nitrogen and oxygen atoms in total. The van der Waals surface area contributed by atoms with Crippen molar-refractivity contribution in [3.05, 3.63) is 98.3 Å². The highest BCUT2D eigenvalue weighted by Crippen LogP contribution is 2.48. The molecule has 2 aromatic rings. The first-order valence-corrected chi connectivity index (χ1v) is 16.9. The van der Waals surface area contributed by atoms with Crippen molar-refractivity contribution < 1.29 is 23.5 Å². The molecule has 3 aliphatic rings. The zero-order valence-corrected chi connectivity index (χ0v) is 31.0. The van der Waals surface area contributed by atoms with E-state index in [4.69, 9.17) is 30.5 Å². The Bertz CT molecular complexity index is 1740. The van der Waals surface area contributed by atoms with Gasteiger partial charge in [0.05, 0.1) is 12.5 Å². The van der Waals surface area contributed by atoms with Crippen LogP contribution in [0, 0.1) is 13.8 Å². The molecule has 1 N–H and O–H groups in total. The van der Waals surface area contributed by atoms with Gasteiger partial charge in [0, 0.05) is 72.9 Å². The number of ether oxygens (including phenoxy) is 4. The lowest BCUT2D eigenvalue weighted by Gasteiger charge is -2.29. The van der Waals surface area contributed by atoms with Crippen molar-refractivity contribution in [1.29, 1.82) is 0 Å². The van der Waals surface area contributed by atoms with E-state index in [1.165, 1.54) is 22.5 Å². The molecule has 0 radical (unpaired) electrons. The number of aryl methyl sites for hydroxylation is 2. The maximum Gasteiger partial charge on any atom is 0.260 e. The van der Waals surface area contributed by atoms with Crippen LogP contribution in [0.3, 0.4) is 0 Å². The Labute approximate surface area is 286 Å². The zero-order valence-electron chi connectivity index (χ0n) is 30.3. The molecule has 1 aliphatic carbocycles. The standard InChI is InChI=1S/C40H51ClN2O4/c1-24-20-29(40(8,46-11)47-12)22-31-36(24)42-33(38(31,4)5)18-16-27-14-13-15-28(35(27)41)17-19-34-39(6,7)32-23-30(45-10)21-25(2)37(32)43(34)26(3)44-9/h16-23,26H,13-15H2,1-12H3/p+1. The van der Waals surface area contributed by atoms with Gasteiger partial charge >= 0.3 is 0 Å². The van der Waals surface area contributed by atoms with Crippen molar-refractivity contribution in [3.8, 4) is 5.75 Å². The van der Waals surface area contributed by atoms with Gasteiger partial charge in [0.25, 0.3) is 6.23 Å². The number of rotatable bonds is 9. The van der Waals surface area contributed by atoms with Crippen LogP contribution >= 0.6 is 11.6 Å². The fourth-order valence-corrected chi connectivity index (χ4v) is 7.59. The summed E-state index contributed by atoms with van der Waals surface area (Å²) in [7, 11) is 6.84. The molecule has 47 heavy (non-hydrogen) atoms. The van der Waals surface area contributed by atoms with Crippen LogP contribution in [0.1, 0.15) is 88.6 Å². The monoisotopic (exact) mass is 659 g/mol. The van der Waals surface area contributed by atoms with E-state index >= 15 is 0 Å². The maximum absolute atomic E-state index is 7.18. The lowest BCUT2D eigenvalue weighted by Crippen LogP contribution is -2.31. The zero-order chi connectivity index (χ0) is 34.5. The SMILES string of the molecule is COc1cc(C)c2c(c1)C(C)(C)C(C=CC1=C(Cl)C(=CC=C3Nc4c(C)cc(C(C)(OC)OC)cc4C3(C)C)CCC1)=[N+]2C(C)OC. The van der Waals surface area contributed by atoms with Crippen molar-refractivity contribution in [2.24, 2.45) is 0 Å². The molecule has 0 bridgehead atoms. The van der Waals surface area contributed by atoms with Crippen LogP contribution < -0.4 is 10.1 Å². The number of halogens is 1. The van der Waals surface area contributed by atoms with Crippen molar-refractivity contribution in [2.75, 3.05) is 33.8 Å². The van der Waals surface area contributed by atoms with E-state index in [1.54, 1.807) is 28.4 Å². The normalized spacial score (nSPS) is 21.1. The van der Waals surface area contributed by atoms with Crippen LogP contribution in [0.15, 0.2) is 70.4 Å². The Hall–Kier alpha value is -3.16. The first kappa shape index (κ1) is 35.2. The van der Waals surface area contributed by atoms with Gasteiger partial charge in [-0.2, -0.15) is 4.58 Å². The molecule has 0 aromatic heterocycles. The second-order valence-electron chi connectivity index (χ2n) is 14.2. The van der Waals surface area contributed by atoms with Crippen molar-refractivity contribution >= 4 is 28.7 Å². The maximum atomic E-state index is 7.18. The largest absolute Gasteiger partial charge is 0.497 e. The first-order chi connectivity index (χ1) is 22.1. The lowest BCUT2D eigenvalue weighted by molar-refractivity contribution is -0.533. The topological polar surface area (TPSA) is 52.0 Å². The molecule has 2 heterocycles. The van der Waals surface area contributed by atoms with Crippen LogP contribution in [-0.4, -0.2) is 45.0 Å². The quantitative estimate of drug-likeness (QED) is 0.215. The van der Waals surface area contributed by atoms with Crippen LogP contribution in [0.25, 0.3) is 0 Å². The Morgan fingerprint density at radius 3 is 2.23 bits per heavy atom. The predicted octanol–water partition coefficient (Wildman–Crippen LogP) is 9.59. The average Bonchev–Trinajstić information content (AvgIpc) is 3.44. The fourth-order valence-electron chi connectivity index (χ4n) is 7.28. The summed E-state index contributed by atoms with van der Waals surface area (Å²) < 4.78 is 25.3. The summed E-state index contributed by atoms with van der Waals surface area (Å²) in [6.07, 6.45) is 11.7. The fraction of sp³-hybridized carbons (Fsp3) is 0.475. The van der Waals surface area contributed by atoms with E-state index in [-0.39, 0.29) is 17.1 Å². The van der Waals surface area contributed by atoms with Gasteiger partial charge in [-0.1, -0.05) is 37.6 Å². The van der Waals surface area contributed by atoms with Crippen molar-refractivity contribution in [2.45, 2.75) is 97.5 Å². The van der Waals surface area contributed by atoms with E-state index in [2.05, 4.69) is 107 Å². The van der Waals surface area contributed by atoms with E-state index in [0.717, 1.165) is 69.3 Å². The van der Waals surface area contributed by atoms with Crippen LogP contribution in [0.4, 0.5) is 11.4 Å². The first-order valence-electron chi connectivity index (χ1n) is 16.5. The summed E-state index contributed by atoms with van der Waals surface area (Å²) in [6.45, 7) is 17.4. The predicted molar refractivity (Wildman–Crippen MR) is 193 cm³/mol. The summed E-state index contributed by atoms with van der Waals surface area (Å²) in [6, 6.07) is 8.60. The van der Waals surface area contributed by atoms with Gasteiger partial charge < -0.3 is 24.3 Å². The molecule has 0 amide bonds. The van der Waals surface area contributed by atoms with Crippen LogP contribution in [0.2, 0.25) is 0 Å². The molecule has 1 unspecified atom stereocenters. The highest BCUT2D eigenvalue weighted by atomic mass is 35.5. The number of nitrogens with one attached hydrogen (secondary N) is 1. The number of anilines is 1. The van der Waals surface area contributed by atoms with E-state index in [1.807, 2.05) is 6.92 Å². The van der Waals surface area contributed by atoms with Gasteiger partial charge in [-0.15, -0.1) is 0 Å². The van der Waals surface area contributed by atoms with Gasteiger partial charge in [-0.05, 0) is 106 Å². The molecule has 5 rings (SSSR count). The number of fused-ring (bicyclic) bond motifs is 2. The third-order valence-corrected chi connectivity index (χ3v) is 11.1. The Balaban J connectivity index is 1.50. The minimum Gasteiger partial charge on any atom is -0.497 e. The number of hydrogen-bond donors (Lipinski definition) is 1. The van der Waals surface area contributed by atoms with E-state index in [0.29, 0.717) is 0 Å². The Morgan fingerprint density at radius 2 is 1.60 bits per heavy atom. The number of benzene rings is 2. The number of allylic oxidation sites excluding steroid dienone is 8. The highest BCUT2D eigenvalue weighted by molar-refractivity contribution is 6.32. The minimum absolute atomic E-state index is 0.135. The molecule has 0 spiro atoms. The van der Waals surface area contributed by atoms with Crippen LogP contribution in [-0.2, 0) is 30.8 Å². The summed E-state index contributed by atoms with van der Waals surface area (Å²) in [5.74, 6) is 0.0573. The minimum atomic E-state index is -0.812. The van der Waals surface area contributed by atoms with Gasteiger partial charge in [-0.25, -0.2) is 0 Å². The molecule has 252 valence electrons. The van der Waals surface area contributed by atoms with Crippen LogP contribution in [0.5, 0.6) is 5.75 Å². The number of nitrogens with zero attached hydrogens (tertiary/aromatic N) is 1. The molecule has 2 aromatic carbocycles. The smallest absolute Gasteiger partial charge is 0.260 e. The van der Waals surface area contributed by atoms with Gasteiger partial charge in [0.1, 0.15) is 5.75 Å². The molecular weight excluding hydrogens is 608 g/mol. The molecular formula is C40H52ClN2O4+. The lowest BCUT2D eigenvalue weighted by atomic mass is 9.80. The van der Waals surface area contributed by atoms with E-state index < -0.39 is 5.79 Å². The van der Waals surface area contributed by atoms with Gasteiger partial charge in [0.15, 0.2) is 11.5 Å². The number of methoxy groups -OCH3 is 4. The Morgan fingerprint density at radius 1 is 0.894 bits per heavy atom. The molecule has 7 heteroatoms. The summed E-state index contributed by atoms with van der Waals surface area (Å²) >= 11 is 7.18. The third kappa shape index (κ3) is 6.03. The van der Waals surface area contributed by atoms with Crippen molar-refractivity contribution in [3.63, 3.8) is 0 Å². The second-order valence-corrected chi connectivity index (χ2v) is 14.6. The van der Waals surface area contributed by atoms with Gasteiger partial charge in [0.2, 0.25) is 5.69 Å². The number of hydrogen-bond acceptors (Lipinski definition) is 5. The molecule has 0 fully saturated rings. The van der Waals surface area contributed by atoms with Crippen molar-refractivity contribution in [1.82, 2.24) is 0 Å². The molecule has 0 saturated carbocycles. The summed E-state index contributed by atoms with van der Waals surface area (Å²) in [5, 5.41) is 4.56. The average molecular weight is 660 g/mol. The molecule has 2 aliphatic heterocycles. The van der Waals surface area contributed by atoms with Gasteiger partial charge in [-0.3, -0.25) is 0 Å². The third-order valence-electron chi connectivity index (χ3n) is 10.6. The second kappa shape index (κ2) is 13.0. The summed E-state index contributed by atoms with van der Waals surface area (Å²) in [5.41, 5.74) is 12.3.